The molecule has 0 radical (unpaired) electrons. The molecule has 0 aliphatic carbocycles. The van der Waals surface area contributed by atoms with Gasteiger partial charge in [0.2, 0.25) is 0 Å². The second-order valence-corrected chi connectivity index (χ2v) is 5.25. The molecule has 0 aliphatic heterocycles. The van der Waals surface area contributed by atoms with Crippen molar-refractivity contribution in [3.05, 3.63) is 39.9 Å². The van der Waals surface area contributed by atoms with Gasteiger partial charge in [0.15, 0.2) is 0 Å². The smallest absolute Gasteiger partial charge is 0.269 e. The molecule has 2 atom stereocenters. The first-order chi connectivity index (χ1) is 8.93. The summed E-state index contributed by atoms with van der Waals surface area (Å²) in [7, 11) is 0. The van der Waals surface area contributed by atoms with Gasteiger partial charge in [-0.1, -0.05) is 26.0 Å². The van der Waals surface area contributed by atoms with Gasteiger partial charge in [0.25, 0.3) is 5.69 Å². The molecule has 1 aromatic carbocycles. The predicted octanol–water partition coefficient (Wildman–Crippen LogP) is 2.65. The van der Waals surface area contributed by atoms with Crippen LogP contribution in [-0.4, -0.2) is 22.7 Å². The number of aliphatic hydroxyl groups is 1. The van der Waals surface area contributed by atoms with Crippen LogP contribution in [0.15, 0.2) is 24.3 Å². The van der Waals surface area contributed by atoms with Gasteiger partial charge in [-0.3, -0.25) is 10.1 Å². The van der Waals surface area contributed by atoms with E-state index in [4.69, 9.17) is 0 Å². The summed E-state index contributed by atoms with van der Waals surface area (Å²) in [4.78, 5) is 10.2. The minimum Gasteiger partial charge on any atom is -0.395 e. The van der Waals surface area contributed by atoms with E-state index < -0.39 is 4.92 Å². The van der Waals surface area contributed by atoms with Crippen molar-refractivity contribution >= 4 is 5.69 Å². The Kier molecular flexibility index (Phi) is 5.92. The Balaban J connectivity index is 2.66. The van der Waals surface area contributed by atoms with Gasteiger partial charge in [-0.25, -0.2) is 0 Å². The lowest BCUT2D eigenvalue weighted by Gasteiger charge is -2.23. The molecule has 1 aromatic rings. The number of nitro benzene ring substituents is 1. The zero-order valence-electron chi connectivity index (χ0n) is 11.7. The van der Waals surface area contributed by atoms with Gasteiger partial charge >= 0.3 is 0 Å². The Hall–Kier alpha value is -1.46. The second-order valence-electron chi connectivity index (χ2n) is 5.25. The number of rotatable bonds is 7. The molecule has 0 saturated carbocycles. The third kappa shape index (κ3) is 4.96. The second kappa shape index (κ2) is 7.21. The van der Waals surface area contributed by atoms with Crippen molar-refractivity contribution in [2.45, 2.75) is 39.3 Å². The number of nitro groups is 1. The largest absolute Gasteiger partial charge is 0.395 e. The highest BCUT2D eigenvalue weighted by atomic mass is 16.6. The van der Waals surface area contributed by atoms with Crippen molar-refractivity contribution < 1.29 is 10.0 Å². The maximum atomic E-state index is 10.6. The van der Waals surface area contributed by atoms with E-state index in [0.29, 0.717) is 5.92 Å². The molecule has 0 aliphatic rings. The van der Waals surface area contributed by atoms with E-state index in [1.165, 1.54) is 12.1 Å². The van der Waals surface area contributed by atoms with E-state index in [-0.39, 0.29) is 24.4 Å². The van der Waals surface area contributed by atoms with Crippen molar-refractivity contribution in [3.63, 3.8) is 0 Å². The lowest BCUT2D eigenvalue weighted by molar-refractivity contribution is -0.384. The van der Waals surface area contributed by atoms with Gasteiger partial charge in [0.1, 0.15) is 0 Å². The fraction of sp³-hybridized carbons (Fsp3) is 0.571. The lowest BCUT2D eigenvalue weighted by Crippen LogP contribution is -2.35. The van der Waals surface area contributed by atoms with E-state index in [1.54, 1.807) is 12.1 Å². The minimum atomic E-state index is -0.406. The number of benzene rings is 1. The normalized spacial score (nSPS) is 14.4. The Morgan fingerprint density at radius 2 is 1.84 bits per heavy atom. The third-order valence-electron chi connectivity index (χ3n) is 3.07. The number of non-ortho nitro benzene ring substituents is 1. The first kappa shape index (κ1) is 15.6. The van der Waals surface area contributed by atoms with Crippen LogP contribution in [-0.2, 0) is 0 Å². The summed E-state index contributed by atoms with van der Waals surface area (Å²) in [5.41, 5.74) is 1.07. The molecule has 106 valence electrons. The van der Waals surface area contributed by atoms with Gasteiger partial charge in [0, 0.05) is 24.2 Å². The topological polar surface area (TPSA) is 75.4 Å². The molecule has 19 heavy (non-hydrogen) atoms. The van der Waals surface area contributed by atoms with Crippen LogP contribution in [0.2, 0.25) is 0 Å². The highest BCUT2D eigenvalue weighted by Crippen LogP contribution is 2.18. The molecule has 0 aromatic heterocycles. The monoisotopic (exact) mass is 266 g/mol. The summed E-state index contributed by atoms with van der Waals surface area (Å²) in [5, 5.41) is 23.3. The number of aliphatic hydroxyl groups excluding tert-OH is 1. The van der Waals surface area contributed by atoms with Crippen molar-refractivity contribution in [2.24, 2.45) is 5.92 Å². The molecule has 0 fully saturated rings. The average Bonchev–Trinajstić information content (AvgIpc) is 2.37. The van der Waals surface area contributed by atoms with Crippen molar-refractivity contribution in [1.82, 2.24) is 5.32 Å². The molecule has 0 heterocycles. The Morgan fingerprint density at radius 1 is 1.26 bits per heavy atom. The predicted molar refractivity (Wildman–Crippen MR) is 75.0 cm³/mol. The van der Waals surface area contributed by atoms with E-state index in [0.717, 1.165) is 12.0 Å². The molecular formula is C14H22N2O3. The maximum absolute atomic E-state index is 10.6. The minimum absolute atomic E-state index is 0.0465. The zero-order chi connectivity index (χ0) is 14.4. The van der Waals surface area contributed by atoms with Crippen molar-refractivity contribution in [2.75, 3.05) is 6.61 Å². The van der Waals surface area contributed by atoms with Crippen LogP contribution in [0.1, 0.15) is 38.8 Å². The van der Waals surface area contributed by atoms with Crippen LogP contribution in [0.25, 0.3) is 0 Å². The molecule has 0 saturated heterocycles. The Morgan fingerprint density at radius 3 is 2.26 bits per heavy atom. The number of hydrogen-bond donors (Lipinski definition) is 2. The molecule has 2 N–H and O–H groups in total. The number of hydrogen-bond acceptors (Lipinski definition) is 4. The highest BCUT2D eigenvalue weighted by Gasteiger charge is 2.15. The van der Waals surface area contributed by atoms with Crippen LogP contribution >= 0.6 is 0 Å². The fourth-order valence-electron chi connectivity index (χ4n) is 2.10. The number of nitrogens with one attached hydrogen (secondary N) is 1. The van der Waals surface area contributed by atoms with Crippen LogP contribution < -0.4 is 5.32 Å². The van der Waals surface area contributed by atoms with Gasteiger partial charge in [0.05, 0.1) is 11.5 Å². The molecule has 0 amide bonds. The standard InChI is InChI=1S/C14H22N2O3/c1-10(2)8-13(9-17)15-11(3)12-4-6-14(7-5-12)16(18)19/h4-7,10-11,13,15,17H,8-9H2,1-3H3. The number of nitrogens with zero attached hydrogens (tertiary/aromatic N) is 1. The van der Waals surface area contributed by atoms with Crippen LogP contribution in [0, 0.1) is 16.0 Å². The van der Waals surface area contributed by atoms with Gasteiger partial charge < -0.3 is 10.4 Å². The summed E-state index contributed by atoms with van der Waals surface area (Å²) in [6.07, 6.45) is 0.897. The average molecular weight is 266 g/mol. The quantitative estimate of drug-likeness (QED) is 0.587. The lowest BCUT2D eigenvalue weighted by atomic mass is 10.0. The SMILES string of the molecule is CC(C)CC(CO)NC(C)c1ccc([N+](=O)[O-])cc1. The van der Waals surface area contributed by atoms with Crippen molar-refractivity contribution in [3.8, 4) is 0 Å². The van der Waals surface area contributed by atoms with Gasteiger partial charge in [-0.2, -0.15) is 0 Å². The van der Waals surface area contributed by atoms with Crippen LogP contribution in [0.5, 0.6) is 0 Å². The Labute approximate surface area is 113 Å². The summed E-state index contributed by atoms with van der Waals surface area (Å²) in [6, 6.07) is 6.61. The van der Waals surface area contributed by atoms with E-state index >= 15 is 0 Å². The summed E-state index contributed by atoms with van der Waals surface area (Å²) in [5.74, 6) is 0.508. The summed E-state index contributed by atoms with van der Waals surface area (Å²) >= 11 is 0. The van der Waals surface area contributed by atoms with E-state index in [2.05, 4.69) is 19.2 Å². The molecular weight excluding hydrogens is 244 g/mol. The first-order valence-electron chi connectivity index (χ1n) is 6.55. The van der Waals surface area contributed by atoms with Gasteiger partial charge in [-0.15, -0.1) is 0 Å². The zero-order valence-corrected chi connectivity index (χ0v) is 11.7. The van der Waals surface area contributed by atoms with Crippen LogP contribution in [0.4, 0.5) is 5.69 Å². The summed E-state index contributed by atoms with van der Waals surface area (Å²) in [6.45, 7) is 6.31. The Bertz CT molecular complexity index is 404. The maximum Gasteiger partial charge on any atom is 0.269 e. The molecule has 5 nitrogen and oxygen atoms in total. The van der Waals surface area contributed by atoms with E-state index in [1.807, 2.05) is 6.92 Å². The highest BCUT2D eigenvalue weighted by molar-refractivity contribution is 5.34. The molecule has 0 bridgehead atoms. The molecule has 5 heteroatoms. The first-order valence-corrected chi connectivity index (χ1v) is 6.55. The van der Waals surface area contributed by atoms with E-state index in [9.17, 15) is 15.2 Å². The fourth-order valence-corrected chi connectivity index (χ4v) is 2.10. The third-order valence-corrected chi connectivity index (χ3v) is 3.07. The molecule has 1 rings (SSSR count). The van der Waals surface area contributed by atoms with Gasteiger partial charge in [-0.05, 0) is 24.8 Å². The van der Waals surface area contributed by atoms with Crippen LogP contribution in [0.3, 0.4) is 0 Å². The summed E-state index contributed by atoms with van der Waals surface area (Å²) < 4.78 is 0. The molecule has 2 unspecified atom stereocenters. The van der Waals surface area contributed by atoms with Crippen molar-refractivity contribution in [1.29, 1.82) is 0 Å². The molecule has 0 spiro atoms.